The maximum absolute atomic E-state index is 9.45. The molecule has 3 heteroatoms. The molecule has 0 saturated carbocycles. The van der Waals surface area contributed by atoms with Crippen molar-refractivity contribution in [2.45, 2.75) is 18.4 Å². The first kappa shape index (κ1) is 10.0. The summed E-state index contributed by atoms with van der Waals surface area (Å²) in [7, 11) is 0. The van der Waals surface area contributed by atoms with Gasteiger partial charge in [0, 0.05) is 17.5 Å². The van der Waals surface area contributed by atoms with Crippen LogP contribution in [0.4, 0.5) is 0 Å². The van der Waals surface area contributed by atoms with Crippen LogP contribution in [0.3, 0.4) is 0 Å². The highest BCUT2D eigenvalue weighted by atomic mass is 35.5. The van der Waals surface area contributed by atoms with Crippen LogP contribution < -0.4 is 0 Å². The average Bonchev–Trinajstić information content (AvgIpc) is 2.18. The van der Waals surface area contributed by atoms with E-state index in [2.05, 4.69) is 10.9 Å². The lowest BCUT2D eigenvalue weighted by atomic mass is 10.1. The second-order valence-corrected chi connectivity index (χ2v) is 3.21. The number of halogens is 1. The fourth-order valence-electron chi connectivity index (χ4n) is 0.913. The van der Waals surface area contributed by atoms with Crippen molar-refractivity contribution in [1.29, 1.82) is 0 Å². The van der Waals surface area contributed by atoms with Crippen molar-refractivity contribution in [3.63, 3.8) is 0 Å². The van der Waals surface area contributed by atoms with E-state index in [0.717, 1.165) is 12.1 Å². The Labute approximate surface area is 82.6 Å². The molecule has 1 unspecified atom stereocenters. The molecule has 0 fully saturated rings. The van der Waals surface area contributed by atoms with Gasteiger partial charge in [-0.3, -0.25) is 4.98 Å². The van der Waals surface area contributed by atoms with Crippen molar-refractivity contribution >= 4 is 11.6 Å². The molecule has 1 atom stereocenters. The van der Waals surface area contributed by atoms with Gasteiger partial charge in [0.15, 0.2) is 0 Å². The predicted octanol–water partition coefficient (Wildman–Crippen LogP) is 1.66. The highest BCUT2D eigenvalue weighted by Crippen LogP contribution is 2.23. The number of hydrogen-bond donors (Lipinski definition) is 1. The average molecular weight is 196 g/mol. The first-order valence-corrected chi connectivity index (χ1v) is 4.32. The predicted molar refractivity (Wildman–Crippen MR) is 52.2 cm³/mol. The number of hydrogen-bond acceptors (Lipinski definition) is 2. The maximum atomic E-state index is 9.45. The molecule has 1 rings (SSSR count). The monoisotopic (exact) mass is 195 g/mol. The third kappa shape index (κ3) is 2.21. The molecule has 2 nitrogen and oxygen atoms in total. The van der Waals surface area contributed by atoms with E-state index in [1.807, 2.05) is 6.92 Å². The van der Waals surface area contributed by atoms with Crippen LogP contribution in [0.1, 0.15) is 18.2 Å². The van der Waals surface area contributed by atoms with Crippen LogP contribution in [0.25, 0.3) is 0 Å². The van der Waals surface area contributed by atoms with E-state index in [0.29, 0.717) is 5.56 Å². The molecule has 1 N–H and O–H groups in total. The highest BCUT2D eigenvalue weighted by Gasteiger charge is 2.22. The third-order valence-electron chi connectivity index (χ3n) is 1.76. The first-order chi connectivity index (χ1) is 6.10. The molecule has 0 aliphatic carbocycles. The van der Waals surface area contributed by atoms with E-state index in [-0.39, 0.29) is 0 Å². The van der Waals surface area contributed by atoms with Gasteiger partial charge in [-0.2, -0.15) is 0 Å². The van der Waals surface area contributed by atoms with Crippen molar-refractivity contribution in [3.8, 4) is 12.3 Å². The van der Waals surface area contributed by atoms with Crippen LogP contribution in [-0.4, -0.2) is 10.1 Å². The molecule has 0 aliphatic heterocycles. The molecule has 0 radical (unpaired) electrons. The molecule has 13 heavy (non-hydrogen) atoms. The molecule has 1 aromatic heterocycles. The van der Waals surface area contributed by atoms with Gasteiger partial charge in [0.2, 0.25) is 5.06 Å². The molecule has 0 aromatic carbocycles. The Morgan fingerprint density at radius 1 is 1.69 bits per heavy atom. The van der Waals surface area contributed by atoms with E-state index in [1.165, 1.54) is 6.20 Å². The van der Waals surface area contributed by atoms with Gasteiger partial charge in [-0.25, -0.2) is 0 Å². The maximum Gasteiger partial charge on any atom is 0.229 e. The van der Waals surface area contributed by atoms with Crippen LogP contribution in [0.5, 0.6) is 0 Å². The Balaban J connectivity index is 3.00. The van der Waals surface area contributed by atoms with Crippen LogP contribution in [0.2, 0.25) is 0 Å². The van der Waals surface area contributed by atoms with Gasteiger partial charge in [0.25, 0.3) is 0 Å². The standard InChI is InChI=1S/C10H10ClNO/c1-3-9-6-5-8(7-12-9)10(11,13)4-2/h2,5-7,13H,3H2,1H3. The van der Waals surface area contributed by atoms with Crippen molar-refractivity contribution < 1.29 is 5.11 Å². The zero-order valence-electron chi connectivity index (χ0n) is 7.29. The fourth-order valence-corrected chi connectivity index (χ4v) is 1.02. The highest BCUT2D eigenvalue weighted by molar-refractivity contribution is 6.24. The summed E-state index contributed by atoms with van der Waals surface area (Å²) >= 11 is 5.62. The van der Waals surface area contributed by atoms with Crippen LogP contribution in [0, 0.1) is 12.3 Å². The summed E-state index contributed by atoms with van der Waals surface area (Å²) in [5.74, 6) is 2.08. The number of nitrogens with zero attached hydrogens (tertiary/aromatic N) is 1. The zero-order valence-corrected chi connectivity index (χ0v) is 8.04. The number of rotatable bonds is 2. The minimum Gasteiger partial charge on any atom is -0.361 e. The summed E-state index contributed by atoms with van der Waals surface area (Å²) in [4.78, 5) is 4.07. The Bertz CT molecular complexity index is 324. The zero-order chi connectivity index (χ0) is 9.90. The summed E-state index contributed by atoms with van der Waals surface area (Å²) in [5.41, 5.74) is 1.36. The van der Waals surface area contributed by atoms with Crippen molar-refractivity contribution in [1.82, 2.24) is 4.98 Å². The van der Waals surface area contributed by atoms with Crippen molar-refractivity contribution in [2.75, 3.05) is 0 Å². The quantitative estimate of drug-likeness (QED) is 0.575. The Morgan fingerprint density at radius 2 is 2.38 bits per heavy atom. The molecule has 1 heterocycles. The summed E-state index contributed by atoms with van der Waals surface area (Å²) in [6, 6.07) is 3.47. The SMILES string of the molecule is C#CC(O)(Cl)c1ccc(CC)nc1. The lowest BCUT2D eigenvalue weighted by molar-refractivity contribution is 0.192. The van der Waals surface area contributed by atoms with E-state index >= 15 is 0 Å². The van der Waals surface area contributed by atoms with Crippen LogP contribution in [-0.2, 0) is 11.5 Å². The second kappa shape index (κ2) is 3.78. The fraction of sp³-hybridized carbons (Fsp3) is 0.300. The van der Waals surface area contributed by atoms with Gasteiger partial charge in [-0.05, 0) is 18.4 Å². The smallest absolute Gasteiger partial charge is 0.229 e. The first-order valence-electron chi connectivity index (χ1n) is 3.94. The second-order valence-electron chi connectivity index (χ2n) is 2.66. The molecule has 68 valence electrons. The largest absolute Gasteiger partial charge is 0.361 e. The van der Waals surface area contributed by atoms with Gasteiger partial charge in [-0.1, -0.05) is 24.6 Å². The Morgan fingerprint density at radius 3 is 2.77 bits per heavy atom. The van der Waals surface area contributed by atoms with Gasteiger partial charge >= 0.3 is 0 Å². The summed E-state index contributed by atoms with van der Waals surface area (Å²) in [6.07, 6.45) is 7.39. The lowest BCUT2D eigenvalue weighted by Crippen LogP contribution is -2.14. The van der Waals surface area contributed by atoms with E-state index in [9.17, 15) is 5.11 Å². The van der Waals surface area contributed by atoms with Crippen LogP contribution >= 0.6 is 11.6 Å². The Kier molecular flexibility index (Phi) is 2.92. The lowest BCUT2D eigenvalue weighted by Gasteiger charge is -2.13. The molecule has 0 bridgehead atoms. The normalized spacial score (nSPS) is 14.6. The van der Waals surface area contributed by atoms with Crippen LogP contribution in [0.15, 0.2) is 18.3 Å². The number of pyridine rings is 1. The summed E-state index contributed by atoms with van der Waals surface area (Å²) in [5, 5.41) is 7.71. The topological polar surface area (TPSA) is 33.1 Å². The molecule has 0 spiro atoms. The molecular weight excluding hydrogens is 186 g/mol. The Hall–Kier alpha value is -1.04. The molecule has 0 saturated heterocycles. The molecule has 0 amide bonds. The minimum absolute atomic E-state index is 0.425. The van der Waals surface area contributed by atoms with E-state index < -0.39 is 5.06 Å². The number of alkyl halides is 1. The van der Waals surface area contributed by atoms with Crippen molar-refractivity contribution in [2.24, 2.45) is 0 Å². The van der Waals surface area contributed by atoms with Gasteiger partial charge in [-0.15, -0.1) is 6.42 Å². The minimum atomic E-state index is -1.74. The van der Waals surface area contributed by atoms with E-state index in [1.54, 1.807) is 12.1 Å². The van der Waals surface area contributed by atoms with Gasteiger partial charge in [0.1, 0.15) is 0 Å². The van der Waals surface area contributed by atoms with Crippen molar-refractivity contribution in [3.05, 3.63) is 29.6 Å². The number of aryl methyl sites for hydroxylation is 1. The number of aliphatic hydroxyl groups is 1. The molecule has 0 aliphatic rings. The summed E-state index contributed by atoms with van der Waals surface area (Å²) < 4.78 is 0. The molecule has 1 aromatic rings. The van der Waals surface area contributed by atoms with E-state index in [4.69, 9.17) is 18.0 Å². The summed E-state index contributed by atoms with van der Waals surface area (Å²) in [6.45, 7) is 2.00. The third-order valence-corrected chi connectivity index (χ3v) is 2.09. The van der Waals surface area contributed by atoms with Gasteiger partial charge < -0.3 is 5.11 Å². The van der Waals surface area contributed by atoms with Gasteiger partial charge in [0.05, 0.1) is 0 Å². The molecular formula is C10H10ClNO. The number of aromatic nitrogens is 1. The number of terminal acetylenes is 1.